The highest BCUT2D eigenvalue weighted by Gasteiger charge is 2.31. The number of halogens is 3. The van der Waals surface area contributed by atoms with E-state index in [0.717, 1.165) is 11.6 Å². The van der Waals surface area contributed by atoms with Gasteiger partial charge in [0.2, 0.25) is 0 Å². The lowest BCUT2D eigenvalue weighted by Gasteiger charge is -2.25. The van der Waals surface area contributed by atoms with E-state index < -0.39 is 44.8 Å². The lowest BCUT2D eigenvalue weighted by Crippen LogP contribution is -2.34. The first-order valence-corrected chi connectivity index (χ1v) is 12.5. The van der Waals surface area contributed by atoms with Crippen LogP contribution < -0.4 is 4.31 Å². The molecule has 0 heterocycles. The van der Waals surface area contributed by atoms with E-state index in [2.05, 4.69) is 16.6 Å². The maximum Gasteiger partial charge on any atom is 0.269 e. The van der Waals surface area contributed by atoms with Gasteiger partial charge in [0.15, 0.2) is 5.82 Å². The fourth-order valence-electron chi connectivity index (χ4n) is 3.28. The number of sulfonamides is 1. The van der Waals surface area contributed by atoms with Crippen molar-refractivity contribution < 1.29 is 26.3 Å². The molecular formula is C26H30F3N3O3S. The smallest absolute Gasteiger partial charge is 0.269 e. The molecule has 2 aromatic carbocycles. The molecule has 0 amide bonds. The summed E-state index contributed by atoms with van der Waals surface area (Å²) >= 11 is 0. The number of hydrogen-bond donors (Lipinski definition) is 0. The summed E-state index contributed by atoms with van der Waals surface area (Å²) in [6, 6.07) is 6.09. The van der Waals surface area contributed by atoms with Crippen molar-refractivity contribution in [2.75, 3.05) is 25.2 Å². The Morgan fingerprint density at radius 1 is 1.19 bits per heavy atom. The Balaban J connectivity index is 2.69. The summed E-state index contributed by atoms with van der Waals surface area (Å²) < 4.78 is 76.1. The van der Waals surface area contributed by atoms with Crippen LogP contribution in [-0.2, 0) is 14.8 Å². The van der Waals surface area contributed by atoms with Gasteiger partial charge in [-0.05, 0) is 56.2 Å². The number of aliphatic imine (C=N–C) groups is 2. The van der Waals surface area contributed by atoms with Crippen LogP contribution >= 0.6 is 0 Å². The molecular weight excluding hydrogens is 491 g/mol. The first kappa shape index (κ1) is 29.0. The SMILES string of the molecule is C=C(/C(C=NC(C)C)=C(/C)CC=NC)c1cccc(N(COC)S(=O)(=O)c2cc(F)ccc2F)c1F. The largest absolute Gasteiger partial charge is 0.363 e. The minimum atomic E-state index is -4.74. The molecule has 0 aromatic heterocycles. The van der Waals surface area contributed by atoms with Crippen LogP contribution in [0.1, 0.15) is 32.8 Å². The second kappa shape index (κ2) is 12.6. The van der Waals surface area contributed by atoms with E-state index in [4.69, 9.17) is 4.74 Å². The van der Waals surface area contributed by atoms with E-state index in [1.807, 2.05) is 20.8 Å². The minimum absolute atomic E-state index is 0.0153. The van der Waals surface area contributed by atoms with Crippen molar-refractivity contribution in [3.05, 3.63) is 77.1 Å². The van der Waals surface area contributed by atoms with Gasteiger partial charge in [-0.3, -0.25) is 4.99 Å². The monoisotopic (exact) mass is 521 g/mol. The average molecular weight is 522 g/mol. The number of benzene rings is 2. The molecule has 194 valence electrons. The van der Waals surface area contributed by atoms with E-state index in [9.17, 15) is 17.2 Å². The number of nitrogens with zero attached hydrogens (tertiary/aromatic N) is 3. The molecule has 10 heteroatoms. The minimum Gasteiger partial charge on any atom is -0.363 e. The molecule has 0 bridgehead atoms. The summed E-state index contributed by atoms with van der Waals surface area (Å²) in [7, 11) is -1.90. The van der Waals surface area contributed by atoms with Gasteiger partial charge in [-0.1, -0.05) is 24.3 Å². The van der Waals surface area contributed by atoms with Crippen LogP contribution in [-0.4, -0.2) is 47.8 Å². The molecule has 6 nitrogen and oxygen atoms in total. The van der Waals surface area contributed by atoms with E-state index in [1.165, 1.54) is 25.3 Å². The van der Waals surface area contributed by atoms with Gasteiger partial charge in [0.25, 0.3) is 10.0 Å². The van der Waals surface area contributed by atoms with Crippen molar-refractivity contribution in [3.8, 4) is 0 Å². The summed E-state index contributed by atoms with van der Waals surface area (Å²) in [5.74, 6) is -3.06. The van der Waals surface area contributed by atoms with Crippen molar-refractivity contribution in [3.63, 3.8) is 0 Å². The maximum atomic E-state index is 15.9. The van der Waals surface area contributed by atoms with Crippen LogP contribution in [0.3, 0.4) is 0 Å². The summed E-state index contributed by atoms with van der Waals surface area (Å²) in [6.45, 7) is 9.01. The summed E-state index contributed by atoms with van der Waals surface area (Å²) in [6.07, 6.45) is 3.77. The molecule has 0 saturated heterocycles. The lowest BCUT2D eigenvalue weighted by molar-refractivity contribution is 0.209. The Morgan fingerprint density at radius 3 is 2.50 bits per heavy atom. The van der Waals surface area contributed by atoms with Crippen molar-refractivity contribution in [1.82, 2.24) is 0 Å². The number of methoxy groups -OCH3 is 1. The first-order valence-electron chi connectivity index (χ1n) is 11.0. The third-order valence-electron chi connectivity index (χ3n) is 5.15. The molecule has 0 N–H and O–H groups in total. The molecule has 0 radical (unpaired) electrons. The van der Waals surface area contributed by atoms with E-state index in [-0.39, 0.29) is 17.2 Å². The fourth-order valence-corrected chi connectivity index (χ4v) is 4.73. The summed E-state index contributed by atoms with van der Waals surface area (Å²) in [5.41, 5.74) is 1.26. The quantitative estimate of drug-likeness (QED) is 0.213. The third kappa shape index (κ3) is 6.70. The molecule has 0 aliphatic rings. The number of anilines is 1. The zero-order chi connectivity index (χ0) is 27.0. The van der Waals surface area contributed by atoms with Crippen LogP contribution in [0.15, 0.2) is 69.0 Å². The Bertz CT molecular complexity index is 1300. The zero-order valence-electron chi connectivity index (χ0n) is 20.9. The topological polar surface area (TPSA) is 71.3 Å². The van der Waals surface area contributed by atoms with Gasteiger partial charge >= 0.3 is 0 Å². The molecule has 0 atom stereocenters. The van der Waals surface area contributed by atoms with E-state index >= 15 is 4.39 Å². The molecule has 0 fully saturated rings. The van der Waals surface area contributed by atoms with Crippen LogP contribution in [0.2, 0.25) is 0 Å². The molecule has 2 rings (SSSR count). The van der Waals surface area contributed by atoms with Gasteiger partial charge in [-0.15, -0.1) is 0 Å². The predicted molar refractivity (Wildman–Crippen MR) is 139 cm³/mol. The highest BCUT2D eigenvalue weighted by molar-refractivity contribution is 7.92. The third-order valence-corrected chi connectivity index (χ3v) is 6.90. The van der Waals surface area contributed by atoms with Crippen LogP contribution in [0.5, 0.6) is 0 Å². The van der Waals surface area contributed by atoms with Crippen molar-refractivity contribution >= 4 is 33.7 Å². The van der Waals surface area contributed by atoms with Gasteiger partial charge < -0.3 is 9.73 Å². The Hall–Kier alpha value is -3.24. The molecule has 0 spiro atoms. The van der Waals surface area contributed by atoms with Crippen molar-refractivity contribution in [2.24, 2.45) is 9.98 Å². The van der Waals surface area contributed by atoms with Crippen LogP contribution in [0.4, 0.5) is 18.9 Å². The molecule has 36 heavy (non-hydrogen) atoms. The second-order valence-electron chi connectivity index (χ2n) is 8.17. The maximum absolute atomic E-state index is 15.9. The number of rotatable bonds is 11. The van der Waals surface area contributed by atoms with Gasteiger partial charge in [-0.25, -0.2) is 25.9 Å². The van der Waals surface area contributed by atoms with Crippen molar-refractivity contribution in [1.29, 1.82) is 0 Å². The Kier molecular flexibility index (Phi) is 10.2. The number of ether oxygens (including phenoxy) is 1. The standard InChI is InChI=1S/C26H30F3N3O3S/c1-17(2)31-15-22(18(3)12-13-30-5)19(4)21-8-7-9-24(26(21)29)32(16-35-6)36(33,34)25-14-20(27)10-11-23(25)28/h7-11,13-15,17H,4,12,16H2,1-3,5-6H3/b22-18-,30-13?,31-15?. The van der Waals surface area contributed by atoms with Gasteiger partial charge in [-0.2, -0.15) is 0 Å². The molecule has 0 aliphatic heterocycles. The van der Waals surface area contributed by atoms with Crippen molar-refractivity contribution in [2.45, 2.75) is 38.1 Å². The molecule has 0 unspecified atom stereocenters. The van der Waals surface area contributed by atoms with Gasteiger partial charge in [0.05, 0.1) is 5.69 Å². The Morgan fingerprint density at radius 2 is 1.89 bits per heavy atom. The summed E-state index contributed by atoms with van der Waals surface area (Å²) in [5, 5.41) is 0. The first-order chi connectivity index (χ1) is 16.9. The highest BCUT2D eigenvalue weighted by Crippen LogP contribution is 2.34. The average Bonchev–Trinajstić information content (AvgIpc) is 2.82. The predicted octanol–water partition coefficient (Wildman–Crippen LogP) is 5.80. The highest BCUT2D eigenvalue weighted by atomic mass is 32.2. The lowest BCUT2D eigenvalue weighted by atomic mass is 9.94. The van der Waals surface area contributed by atoms with E-state index in [1.54, 1.807) is 19.5 Å². The van der Waals surface area contributed by atoms with E-state index in [0.29, 0.717) is 28.4 Å². The molecule has 0 saturated carbocycles. The Labute approximate surface area is 210 Å². The molecule has 2 aromatic rings. The summed E-state index contributed by atoms with van der Waals surface area (Å²) in [4.78, 5) is 7.44. The van der Waals surface area contributed by atoms with Gasteiger partial charge in [0, 0.05) is 44.6 Å². The van der Waals surface area contributed by atoms with Crippen LogP contribution in [0.25, 0.3) is 5.57 Å². The second-order valence-corrected chi connectivity index (χ2v) is 10.0. The van der Waals surface area contributed by atoms with Crippen LogP contribution in [0, 0.1) is 17.5 Å². The fraction of sp³-hybridized carbons (Fsp3) is 0.308. The normalized spacial score (nSPS) is 13.0. The molecule has 0 aliphatic carbocycles. The number of hydrogen-bond acceptors (Lipinski definition) is 5. The van der Waals surface area contributed by atoms with Gasteiger partial charge in [0.1, 0.15) is 23.3 Å². The zero-order valence-corrected chi connectivity index (χ0v) is 21.7. The number of allylic oxidation sites excluding steroid dienone is 3.